The SMILES string of the molecule is CCC(C)NS(=O)(=O)c1ccc(NC(=S)NC(=O)c2cc(Br)ccc2OCCOC)cc1. The predicted molar refractivity (Wildman–Crippen MR) is 132 cm³/mol. The molecular weight excluding hydrogens is 518 g/mol. The Hall–Kier alpha value is -2.05. The zero-order valence-electron chi connectivity index (χ0n) is 18.0. The maximum atomic E-state index is 12.7. The van der Waals surface area contributed by atoms with Crippen LogP contribution in [0, 0.1) is 0 Å². The largest absolute Gasteiger partial charge is 0.490 e. The van der Waals surface area contributed by atoms with Crippen molar-refractivity contribution in [2.75, 3.05) is 25.6 Å². The van der Waals surface area contributed by atoms with E-state index in [2.05, 4.69) is 31.3 Å². The third kappa shape index (κ3) is 7.82. The van der Waals surface area contributed by atoms with Gasteiger partial charge in [-0.25, -0.2) is 13.1 Å². The first kappa shape index (κ1) is 26.2. The molecule has 0 spiro atoms. The minimum absolute atomic E-state index is 0.0613. The maximum Gasteiger partial charge on any atom is 0.261 e. The molecule has 8 nitrogen and oxygen atoms in total. The van der Waals surface area contributed by atoms with Crippen LogP contribution in [-0.2, 0) is 14.8 Å². The molecule has 0 aliphatic heterocycles. The quantitative estimate of drug-likeness (QED) is 0.310. The number of nitrogens with one attached hydrogen (secondary N) is 3. The number of methoxy groups -OCH3 is 1. The molecule has 2 rings (SSSR count). The third-order valence-electron chi connectivity index (χ3n) is 4.35. The third-order valence-corrected chi connectivity index (χ3v) is 6.65. The van der Waals surface area contributed by atoms with Gasteiger partial charge in [-0.05, 0) is 68.0 Å². The number of thiocarbonyl (C=S) groups is 1. The van der Waals surface area contributed by atoms with Crippen LogP contribution in [0.3, 0.4) is 0 Å². The Morgan fingerprint density at radius 3 is 2.47 bits per heavy atom. The van der Waals surface area contributed by atoms with Crippen molar-refractivity contribution in [2.45, 2.75) is 31.2 Å². The van der Waals surface area contributed by atoms with Gasteiger partial charge in [0, 0.05) is 23.3 Å². The monoisotopic (exact) mass is 543 g/mol. The summed E-state index contributed by atoms with van der Waals surface area (Å²) in [4.78, 5) is 12.9. The normalized spacial score (nSPS) is 12.1. The number of hydrogen-bond donors (Lipinski definition) is 3. The van der Waals surface area contributed by atoms with Gasteiger partial charge in [0.05, 0.1) is 17.1 Å². The topological polar surface area (TPSA) is 106 Å². The van der Waals surface area contributed by atoms with Gasteiger partial charge in [0.25, 0.3) is 5.91 Å². The molecule has 0 saturated carbocycles. The summed E-state index contributed by atoms with van der Waals surface area (Å²) in [6.45, 7) is 4.38. The summed E-state index contributed by atoms with van der Waals surface area (Å²) in [5, 5.41) is 5.53. The standard InChI is InChI=1S/C21H26BrN3O5S2/c1-4-14(2)25-32(27,28)17-8-6-16(7-9-17)23-21(31)24-20(26)18-13-15(22)5-10-19(18)30-12-11-29-3/h5-10,13-14,25H,4,11-12H2,1-3H3,(H2,23,24,26,31). The van der Waals surface area contributed by atoms with Crippen LogP contribution in [0.15, 0.2) is 51.8 Å². The second-order valence-electron chi connectivity index (χ2n) is 6.84. The van der Waals surface area contributed by atoms with Crippen molar-refractivity contribution in [3.63, 3.8) is 0 Å². The summed E-state index contributed by atoms with van der Waals surface area (Å²) in [5.41, 5.74) is 0.834. The average molecular weight is 544 g/mol. The van der Waals surface area contributed by atoms with Gasteiger partial charge in [0.15, 0.2) is 5.11 Å². The van der Waals surface area contributed by atoms with Gasteiger partial charge in [0.2, 0.25) is 10.0 Å². The zero-order valence-corrected chi connectivity index (χ0v) is 21.2. The van der Waals surface area contributed by atoms with Crippen molar-refractivity contribution in [1.82, 2.24) is 10.0 Å². The summed E-state index contributed by atoms with van der Waals surface area (Å²) >= 11 is 8.57. The van der Waals surface area contributed by atoms with Crippen LogP contribution >= 0.6 is 28.1 Å². The number of halogens is 1. The molecule has 0 bridgehead atoms. The van der Waals surface area contributed by atoms with E-state index in [0.717, 1.165) is 0 Å². The fourth-order valence-electron chi connectivity index (χ4n) is 2.51. The van der Waals surface area contributed by atoms with E-state index in [1.165, 1.54) is 12.1 Å². The molecule has 2 aromatic carbocycles. The van der Waals surface area contributed by atoms with Gasteiger partial charge in [0.1, 0.15) is 12.4 Å². The summed E-state index contributed by atoms with van der Waals surface area (Å²) in [5.74, 6) is -0.0536. The number of anilines is 1. The average Bonchev–Trinajstić information content (AvgIpc) is 2.74. The first-order chi connectivity index (χ1) is 15.2. The van der Waals surface area contributed by atoms with Crippen molar-refractivity contribution >= 4 is 54.9 Å². The second kappa shape index (κ2) is 12.3. The van der Waals surface area contributed by atoms with Crippen LogP contribution in [-0.4, -0.2) is 45.8 Å². The molecular formula is C21H26BrN3O5S2. The van der Waals surface area contributed by atoms with Crippen LogP contribution in [0.25, 0.3) is 0 Å². The number of sulfonamides is 1. The van der Waals surface area contributed by atoms with Crippen LogP contribution in [0.5, 0.6) is 5.75 Å². The Morgan fingerprint density at radius 1 is 1.16 bits per heavy atom. The highest BCUT2D eigenvalue weighted by atomic mass is 79.9. The minimum Gasteiger partial charge on any atom is -0.490 e. The number of carbonyl (C=O) groups is 1. The Labute approximate surface area is 202 Å². The fourth-order valence-corrected chi connectivity index (χ4v) is 4.41. The molecule has 174 valence electrons. The molecule has 1 atom stereocenters. The van der Waals surface area contributed by atoms with Gasteiger partial charge >= 0.3 is 0 Å². The molecule has 1 amide bonds. The molecule has 11 heteroatoms. The van der Waals surface area contributed by atoms with Crippen molar-refractivity contribution in [1.29, 1.82) is 0 Å². The van der Waals surface area contributed by atoms with E-state index in [0.29, 0.717) is 41.1 Å². The van der Waals surface area contributed by atoms with Gasteiger partial charge in [-0.2, -0.15) is 0 Å². The summed E-state index contributed by atoms with van der Waals surface area (Å²) in [6.07, 6.45) is 0.684. The lowest BCUT2D eigenvalue weighted by atomic mass is 10.2. The fraction of sp³-hybridized carbons (Fsp3) is 0.333. The van der Waals surface area contributed by atoms with Crippen molar-refractivity contribution < 1.29 is 22.7 Å². The molecule has 3 N–H and O–H groups in total. The summed E-state index contributed by atoms with van der Waals surface area (Å²) in [6, 6.07) is 11.0. The Kier molecular flexibility index (Phi) is 10.0. The number of hydrogen-bond acceptors (Lipinski definition) is 6. The Morgan fingerprint density at radius 2 is 1.84 bits per heavy atom. The molecule has 0 aliphatic rings. The van der Waals surface area contributed by atoms with E-state index < -0.39 is 15.9 Å². The lowest BCUT2D eigenvalue weighted by Gasteiger charge is -2.14. The first-order valence-electron chi connectivity index (χ1n) is 9.82. The molecule has 0 aliphatic carbocycles. The van der Waals surface area contributed by atoms with Gasteiger partial charge in [-0.3, -0.25) is 10.1 Å². The minimum atomic E-state index is -3.60. The number of amides is 1. The lowest BCUT2D eigenvalue weighted by molar-refractivity contribution is 0.0969. The van der Waals surface area contributed by atoms with Gasteiger partial charge in [-0.15, -0.1) is 0 Å². The zero-order chi connectivity index (χ0) is 23.7. The van der Waals surface area contributed by atoms with E-state index >= 15 is 0 Å². The smallest absolute Gasteiger partial charge is 0.261 e. The van der Waals surface area contributed by atoms with E-state index in [4.69, 9.17) is 21.7 Å². The predicted octanol–water partition coefficient (Wildman–Crippen LogP) is 3.68. The molecule has 0 radical (unpaired) electrons. The maximum absolute atomic E-state index is 12.7. The van der Waals surface area contributed by atoms with E-state index in [1.807, 2.05) is 6.92 Å². The summed E-state index contributed by atoms with van der Waals surface area (Å²) in [7, 11) is -2.04. The number of carbonyl (C=O) groups excluding carboxylic acids is 1. The van der Waals surface area contributed by atoms with Gasteiger partial charge in [-0.1, -0.05) is 22.9 Å². The second-order valence-corrected chi connectivity index (χ2v) is 9.88. The van der Waals surface area contributed by atoms with Crippen LogP contribution < -0.4 is 20.1 Å². The van der Waals surface area contributed by atoms with Crippen LogP contribution in [0.4, 0.5) is 5.69 Å². The molecule has 2 aromatic rings. The summed E-state index contributed by atoms with van der Waals surface area (Å²) < 4.78 is 38.6. The van der Waals surface area contributed by atoms with Crippen LogP contribution in [0.2, 0.25) is 0 Å². The molecule has 0 aromatic heterocycles. The van der Waals surface area contributed by atoms with Gasteiger partial charge < -0.3 is 14.8 Å². The first-order valence-corrected chi connectivity index (χ1v) is 12.5. The lowest BCUT2D eigenvalue weighted by Crippen LogP contribution is -2.34. The molecule has 32 heavy (non-hydrogen) atoms. The molecule has 0 fully saturated rings. The number of ether oxygens (including phenoxy) is 2. The number of benzene rings is 2. The molecule has 0 saturated heterocycles. The van der Waals surface area contributed by atoms with Crippen molar-refractivity contribution in [3.8, 4) is 5.75 Å². The number of rotatable bonds is 10. The highest BCUT2D eigenvalue weighted by Crippen LogP contribution is 2.23. The highest BCUT2D eigenvalue weighted by molar-refractivity contribution is 9.10. The van der Waals surface area contributed by atoms with E-state index in [9.17, 15) is 13.2 Å². The van der Waals surface area contributed by atoms with E-state index in [1.54, 1.807) is 44.4 Å². The molecule has 1 unspecified atom stereocenters. The van der Waals surface area contributed by atoms with Crippen molar-refractivity contribution in [2.24, 2.45) is 0 Å². The van der Waals surface area contributed by atoms with E-state index in [-0.39, 0.29) is 16.0 Å². The Balaban J connectivity index is 2.04. The highest BCUT2D eigenvalue weighted by Gasteiger charge is 2.17. The van der Waals surface area contributed by atoms with Crippen molar-refractivity contribution in [3.05, 3.63) is 52.5 Å². The Bertz CT molecular complexity index is 1050. The van der Waals surface area contributed by atoms with Crippen LogP contribution in [0.1, 0.15) is 30.6 Å². The molecule has 0 heterocycles.